The molecule has 0 aromatic heterocycles. The summed E-state index contributed by atoms with van der Waals surface area (Å²) in [6.45, 7) is 6.70. The number of unbranched alkanes of at least 4 members (excludes halogenated alkanes) is 53. The first-order valence-electron chi connectivity index (χ1n) is 35.2. The molecule has 0 N–H and O–H groups in total. The van der Waals surface area contributed by atoms with Gasteiger partial charge in [-0.3, -0.25) is 14.4 Å². The number of rotatable bonds is 66. The van der Waals surface area contributed by atoms with E-state index in [2.05, 4.69) is 32.9 Å². The zero-order valence-corrected chi connectivity index (χ0v) is 52.5. The van der Waals surface area contributed by atoms with E-state index in [-0.39, 0.29) is 31.1 Å². The van der Waals surface area contributed by atoms with Crippen molar-refractivity contribution in [3.63, 3.8) is 0 Å². The molecular weight excluding hydrogens is 949 g/mol. The molecule has 0 aliphatic carbocycles. The van der Waals surface area contributed by atoms with E-state index in [1.54, 1.807) is 0 Å². The zero-order valence-electron chi connectivity index (χ0n) is 52.5. The lowest BCUT2D eigenvalue weighted by Crippen LogP contribution is -2.30. The van der Waals surface area contributed by atoms with Gasteiger partial charge in [-0.1, -0.05) is 354 Å². The normalized spacial score (nSPS) is 12.0. The summed E-state index contributed by atoms with van der Waals surface area (Å²) in [5, 5.41) is 0. The van der Waals surface area contributed by atoms with Crippen molar-refractivity contribution in [3.05, 3.63) is 12.2 Å². The van der Waals surface area contributed by atoms with Gasteiger partial charge in [0.15, 0.2) is 6.10 Å². The number of carbonyl (C=O) groups excluding carboxylic acids is 3. The smallest absolute Gasteiger partial charge is 0.306 e. The van der Waals surface area contributed by atoms with Crippen LogP contribution >= 0.6 is 0 Å². The average Bonchev–Trinajstić information content (AvgIpc) is 3.43. The van der Waals surface area contributed by atoms with Crippen molar-refractivity contribution in [2.75, 3.05) is 13.2 Å². The summed E-state index contributed by atoms with van der Waals surface area (Å²) in [5.74, 6) is -0.832. The number of hydrogen-bond donors (Lipinski definition) is 0. The first-order chi connectivity index (χ1) is 38.0. The van der Waals surface area contributed by atoms with Gasteiger partial charge >= 0.3 is 17.9 Å². The molecule has 0 heterocycles. The van der Waals surface area contributed by atoms with Gasteiger partial charge in [0.1, 0.15) is 13.2 Å². The van der Waals surface area contributed by atoms with Gasteiger partial charge < -0.3 is 14.2 Å². The minimum Gasteiger partial charge on any atom is -0.462 e. The molecule has 0 aromatic carbocycles. The van der Waals surface area contributed by atoms with Crippen LogP contribution in [0.25, 0.3) is 0 Å². The van der Waals surface area contributed by atoms with E-state index in [0.29, 0.717) is 19.3 Å². The largest absolute Gasteiger partial charge is 0.462 e. The quantitative estimate of drug-likeness (QED) is 0.0261. The molecule has 456 valence electrons. The molecule has 0 fully saturated rings. The van der Waals surface area contributed by atoms with Crippen molar-refractivity contribution in [2.45, 2.75) is 412 Å². The third kappa shape index (κ3) is 64.9. The molecule has 0 spiro atoms. The van der Waals surface area contributed by atoms with E-state index in [1.165, 1.54) is 308 Å². The Morgan fingerprint density at radius 1 is 0.247 bits per heavy atom. The Morgan fingerprint density at radius 2 is 0.429 bits per heavy atom. The van der Waals surface area contributed by atoms with Crippen LogP contribution in [0.2, 0.25) is 0 Å². The van der Waals surface area contributed by atoms with Crippen LogP contribution in [-0.2, 0) is 28.6 Å². The first-order valence-corrected chi connectivity index (χ1v) is 35.2. The maximum absolute atomic E-state index is 12.9. The van der Waals surface area contributed by atoms with Crippen molar-refractivity contribution in [1.29, 1.82) is 0 Å². The van der Waals surface area contributed by atoms with Gasteiger partial charge in [-0.25, -0.2) is 0 Å². The van der Waals surface area contributed by atoms with Gasteiger partial charge in [0.05, 0.1) is 0 Å². The molecule has 1 unspecified atom stereocenters. The molecule has 0 bridgehead atoms. The van der Waals surface area contributed by atoms with E-state index in [9.17, 15) is 14.4 Å². The highest BCUT2D eigenvalue weighted by atomic mass is 16.6. The predicted octanol–water partition coefficient (Wildman–Crippen LogP) is 24.0. The second kappa shape index (κ2) is 66.7. The third-order valence-electron chi connectivity index (χ3n) is 16.3. The number of ether oxygens (including phenoxy) is 3. The van der Waals surface area contributed by atoms with E-state index in [4.69, 9.17) is 14.2 Å². The van der Waals surface area contributed by atoms with Gasteiger partial charge in [0.2, 0.25) is 0 Å². The Labute approximate surface area is 481 Å². The van der Waals surface area contributed by atoms with Gasteiger partial charge in [0.25, 0.3) is 0 Å². The molecular formula is C71H136O6. The number of allylic oxidation sites excluding steroid dienone is 2. The molecule has 0 rings (SSSR count). The van der Waals surface area contributed by atoms with E-state index >= 15 is 0 Å². The van der Waals surface area contributed by atoms with Gasteiger partial charge in [0, 0.05) is 19.3 Å². The molecule has 0 amide bonds. The Hall–Kier alpha value is -1.85. The highest BCUT2D eigenvalue weighted by Gasteiger charge is 2.19. The highest BCUT2D eigenvalue weighted by Crippen LogP contribution is 2.19. The summed E-state index contributed by atoms with van der Waals surface area (Å²) in [7, 11) is 0. The van der Waals surface area contributed by atoms with Crippen LogP contribution in [0.3, 0.4) is 0 Å². The highest BCUT2D eigenvalue weighted by molar-refractivity contribution is 5.71. The van der Waals surface area contributed by atoms with Crippen LogP contribution in [0, 0.1) is 0 Å². The standard InChI is InChI=1S/C71H136O6/c1-4-7-10-13-16-19-21-23-25-27-29-31-32-33-34-35-36-37-38-40-41-43-45-47-49-52-55-58-61-64-70(73)76-67-68(66-75-69(72)63-60-57-54-51-18-15-12-9-6-3)77-71(74)65-62-59-56-53-50-48-46-44-42-39-30-28-26-24-22-20-17-14-11-8-5-2/h27,29,68H,4-26,28,30-67H2,1-3H3/b29-27-. The summed E-state index contributed by atoms with van der Waals surface area (Å²) < 4.78 is 16.9. The molecule has 0 aromatic rings. The minimum absolute atomic E-state index is 0.0626. The Balaban J connectivity index is 4.06. The van der Waals surface area contributed by atoms with Crippen molar-refractivity contribution < 1.29 is 28.6 Å². The lowest BCUT2D eigenvalue weighted by atomic mass is 10.0. The second-order valence-electron chi connectivity index (χ2n) is 24.2. The van der Waals surface area contributed by atoms with Crippen molar-refractivity contribution in [1.82, 2.24) is 0 Å². The van der Waals surface area contributed by atoms with Crippen molar-refractivity contribution in [2.24, 2.45) is 0 Å². The molecule has 6 heteroatoms. The fourth-order valence-electron chi connectivity index (χ4n) is 11.0. The van der Waals surface area contributed by atoms with Gasteiger partial charge in [-0.05, 0) is 44.9 Å². The monoisotopic (exact) mass is 1090 g/mol. The first kappa shape index (κ1) is 75.2. The lowest BCUT2D eigenvalue weighted by Gasteiger charge is -2.18. The van der Waals surface area contributed by atoms with Crippen molar-refractivity contribution in [3.8, 4) is 0 Å². The van der Waals surface area contributed by atoms with E-state index in [1.807, 2.05) is 0 Å². The maximum Gasteiger partial charge on any atom is 0.306 e. The van der Waals surface area contributed by atoms with Gasteiger partial charge in [-0.2, -0.15) is 0 Å². The third-order valence-corrected chi connectivity index (χ3v) is 16.3. The molecule has 0 aliphatic rings. The predicted molar refractivity (Wildman–Crippen MR) is 335 cm³/mol. The summed E-state index contributed by atoms with van der Waals surface area (Å²) in [6, 6.07) is 0. The fourth-order valence-corrected chi connectivity index (χ4v) is 11.0. The Bertz CT molecular complexity index is 1200. The summed E-state index contributed by atoms with van der Waals surface area (Å²) in [6.07, 6.45) is 79.8. The van der Waals surface area contributed by atoms with Crippen molar-refractivity contribution >= 4 is 17.9 Å². The average molecular weight is 1090 g/mol. The van der Waals surface area contributed by atoms with Crippen LogP contribution in [0.5, 0.6) is 0 Å². The number of carbonyl (C=O) groups is 3. The summed E-state index contributed by atoms with van der Waals surface area (Å²) in [5.41, 5.74) is 0. The minimum atomic E-state index is -0.764. The topological polar surface area (TPSA) is 78.9 Å². The SMILES string of the molecule is CCCCCCCCCC/C=C\CCCCCCCCCCCCCCCCCCCC(=O)OCC(COC(=O)CCCCCCCCCCC)OC(=O)CCCCCCCCCCCCCCCCCCCCCCC. The summed E-state index contributed by atoms with van der Waals surface area (Å²) in [4.78, 5) is 38.3. The molecule has 0 saturated heterocycles. The van der Waals surface area contributed by atoms with Crippen LogP contribution in [-0.4, -0.2) is 37.2 Å². The number of hydrogen-bond acceptors (Lipinski definition) is 6. The molecule has 0 saturated carbocycles. The van der Waals surface area contributed by atoms with Crippen LogP contribution in [0.1, 0.15) is 406 Å². The van der Waals surface area contributed by atoms with Gasteiger partial charge in [-0.15, -0.1) is 0 Å². The van der Waals surface area contributed by atoms with E-state index < -0.39 is 6.10 Å². The molecule has 77 heavy (non-hydrogen) atoms. The van der Waals surface area contributed by atoms with Crippen LogP contribution in [0.4, 0.5) is 0 Å². The molecule has 6 nitrogen and oxygen atoms in total. The second-order valence-corrected chi connectivity index (χ2v) is 24.2. The van der Waals surface area contributed by atoms with E-state index in [0.717, 1.165) is 57.8 Å². The molecule has 0 aliphatic heterocycles. The fraction of sp³-hybridized carbons (Fsp3) is 0.930. The number of esters is 3. The molecule has 0 radical (unpaired) electrons. The summed E-state index contributed by atoms with van der Waals surface area (Å²) >= 11 is 0. The Morgan fingerprint density at radius 3 is 0.649 bits per heavy atom. The zero-order chi connectivity index (χ0) is 55.7. The molecule has 1 atom stereocenters. The van der Waals surface area contributed by atoms with Crippen LogP contribution in [0.15, 0.2) is 12.2 Å². The lowest BCUT2D eigenvalue weighted by molar-refractivity contribution is -0.167. The maximum atomic E-state index is 12.9. The Kier molecular flexibility index (Phi) is 65.1. The van der Waals surface area contributed by atoms with Crippen LogP contribution < -0.4 is 0 Å².